The van der Waals surface area contributed by atoms with Crippen LogP contribution in [0, 0.1) is 17.6 Å². The number of amides is 2. The number of halogens is 5. The minimum absolute atomic E-state index is 0.0254. The summed E-state index contributed by atoms with van der Waals surface area (Å²) in [4.78, 5) is 36.1. The first-order valence-corrected chi connectivity index (χ1v) is 11.2. The van der Waals surface area contributed by atoms with E-state index in [2.05, 4.69) is 15.3 Å². The molecule has 36 heavy (non-hydrogen) atoms. The second-order valence-electron chi connectivity index (χ2n) is 8.80. The number of nitrogen functional groups attached to an aromatic ring is 1. The Hall–Kier alpha value is -3.71. The van der Waals surface area contributed by atoms with Gasteiger partial charge in [0.2, 0.25) is 17.6 Å². The van der Waals surface area contributed by atoms with E-state index >= 15 is 0 Å². The molecule has 2 aromatic rings. The normalized spacial score (nSPS) is 23.0. The number of hydrogen-bond donors (Lipinski definition) is 3. The summed E-state index contributed by atoms with van der Waals surface area (Å²) in [6, 6.07) is 0.261. The molecule has 0 radical (unpaired) electrons. The van der Waals surface area contributed by atoms with Gasteiger partial charge in [0.1, 0.15) is 18.2 Å². The summed E-state index contributed by atoms with van der Waals surface area (Å²) in [5.41, 5.74) is 9.76. The summed E-state index contributed by atoms with van der Waals surface area (Å²) < 4.78 is 67.7. The molecule has 2 saturated heterocycles. The number of primary amides is 1. The number of nitrogens with two attached hydrogens (primary N) is 2. The number of hydrogen-bond acceptors (Lipinski definition) is 7. The van der Waals surface area contributed by atoms with Gasteiger partial charge in [-0.25, -0.2) is 14.4 Å². The molecular weight excluding hydrogens is 489 g/mol. The molecule has 2 aliphatic heterocycles. The third-order valence-corrected chi connectivity index (χ3v) is 6.48. The van der Waals surface area contributed by atoms with Crippen molar-refractivity contribution in [3.8, 4) is 0 Å². The van der Waals surface area contributed by atoms with Crippen LogP contribution in [0.15, 0.2) is 24.5 Å². The van der Waals surface area contributed by atoms with Gasteiger partial charge in [0, 0.05) is 25.3 Å². The van der Waals surface area contributed by atoms with Crippen LogP contribution in [0.3, 0.4) is 0 Å². The smallest absolute Gasteiger partial charge is 0.381 e. The lowest BCUT2D eigenvalue weighted by Crippen LogP contribution is -2.61. The molecule has 0 bridgehead atoms. The van der Waals surface area contributed by atoms with Crippen molar-refractivity contribution in [3.63, 3.8) is 0 Å². The third kappa shape index (κ3) is 5.11. The lowest BCUT2D eigenvalue weighted by Gasteiger charge is -2.46. The molecule has 4 rings (SSSR count). The van der Waals surface area contributed by atoms with Crippen LogP contribution >= 0.6 is 0 Å². The zero-order chi connectivity index (χ0) is 26.2. The highest BCUT2D eigenvalue weighted by molar-refractivity contribution is 5.87. The Bertz CT molecular complexity index is 1160. The van der Waals surface area contributed by atoms with Crippen LogP contribution in [-0.4, -0.2) is 58.4 Å². The number of piperidine rings is 2. The van der Waals surface area contributed by atoms with E-state index in [0.717, 1.165) is 18.5 Å². The minimum Gasteiger partial charge on any atom is -0.381 e. The molecule has 2 amide bonds. The number of alkyl halides is 3. The fourth-order valence-electron chi connectivity index (χ4n) is 4.77. The van der Waals surface area contributed by atoms with Gasteiger partial charge in [0.15, 0.2) is 11.6 Å². The van der Waals surface area contributed by atoms with E-state index in [1.54, 1.807) is 4.90 Å². The Labute approximate surface area is 202 Å². The molecule has 5 N–H and O–H groups in total. The van der Waals surface area contributed by atoms with E-state index in [4.69, 9.17) is 11.5 Å². The van der Waals surface area contributed by atoms with E-state index in [1.807, 2.05) is 0 Å². The Morgan fingerprint density at radius 1 is 1.11 bits per heavy atom. The van der Waals surface area contributed by atoms with Crippen LogP contribution in [0.5, 0.6) is 0 Å². The van der Waals surface area contributed by atoms with Gasteiger partial charge in [0.05, 0.1) is 17.5 Å². The summed E-state index contributed by atoms with van der Waals surface area (Å²) in [5.74, 6) is -4.21. The number of rotatable bonds is 5. The minimum atomic E-state index is -4.76. The van der Waals surface area contributed by atoms with E-state index < -0.39 is 53.2 Å². The van der Waals surface area contributed by atoms with Gasteiger partial charge < -0.3 is 26.6 Å². The summed E-state index contributed by atoms with van der Waals surface area (Å²) in [7, 11) is 0. The Kier molecular flexibility index (Phi) is 6.87. The highest BCUT2D eigenvalue weighted by atomic mass is 19.4. The lowest BCUT2D eigenvalue weighted by atomic mass is 9.87. The molecule has 0 spiro atoms. The van der Waals surface area contributed by atoms with Gasteiger partial charge >= 0.3 is 6.18 Å². The number of nitrogens with one attached hydrogen (secondary N) is 1. The monoisotopic (exact) mass is 513 g/mol. The van der Waals surface area contributed by atoms with E-state index in [1.165, 1.54) is 4.90 Å². The fourth-order valence-corrected chi connectivity index (χ4v) is 4.77. The molecular formula is C22H24F5N7O2. The molecule has 0 unspecified atom stereocenters. The Morgan fingerprint density at radius 3 is 2.56 bits per heavy atom. The first-order chi connectivity index (χ1) is 17.0. The van der Waals surface area contributed by atoms with Crippen molar-refractivity contribution in [2.24, 2.45) is 11.7 Å². The van der Waals surface area contributed by atoms with Crippen molar-refractivity contribution in [2.75, 3.05) is 35.6 Å². The predicted octanol–water partition coefficient (Wildman–Crippen LogP) is 2.14. The van der Waals surface area contributed by atoms with Crippen molar-refractivity contribution in [1.82, 2.24) is 14.9 Å². The van der Waals surface area contributed by atoms with Crippen LogP contribution in [0.1, 0.15) is 24.8 Å². The quantitative estimate of drug-likeness (QED) is 0.523. The number of carbonyl (C=O) groups is 2. The largest absolute Gasteiger partial charge is 0.416 e. The van der Waals surface area contributed by atoms with Crippen molar-refractivity contribution in [3.05, 3.63) is 41.7 Å². The number of carbonyl (C=O) groups excluding carboxylic acids is 2. The fraction of sp³-hybridized carbons (Fsp3) is 0.455. The standard InChI is InChI=1S/C22H24F5N7O2/c23-12-6-11(22(25,26)27)7-13(8-12)32-15-2-1-4-34(21(15)36)16-9-33(5-3-14(16)19(29)35)20-17(24)18(28)30-10-31-20/h6-8,10,14-16,32H,1-5,9H2,(H2,29,35)(H2,28,30,31)/t14-,15-,16-/m0/s1. The molecule has 0 saturated carbocycles. The van der Waals surface area contributed by atoms with Gasteiger partial charge in [-0.3, -0.25) is 9.59 Å². The second-order valence-corrected chi connectivity index (χ2v) is 8.80. The van der Waals surface area contributed by atoms with Gasteiger partial charge in [-0.1, -0.05) is 0 Å². The van der Waals surface area contributed by atoms with E-state index in [-0.39, 0.29) is 49.8 Å². The summed E-state index contributed by atoms with van der Waals surface area (Å²) in [5, 5.41) is 2.70. The predicted molar refractivity (Wildman–Crippen MR) is 119 cm³/mol. The molecule has 2 aliphatic rings. The van der Waals surface area contributed by atoms with Gasteiger partial charge in [-0.15, -0.1) is 0 Å². The van der Waals surface area contributed by atoms with Crippen LogP contribution < -0.4 is 21.7 Å². The molecule has 1 aromatic heterocycles. The van der Waals surface area contributed by atoms with Crippen molar-refractivity contribution >= 4 is 29.1 Å². The Morgan fingerprint density at radius 2 is 1.86 bits per heavy atom. The average Bonchev–Trinajstić information content (AvgIpc) is 2.81. The third-order valence-electron chi connectivity index (χ3n) is 6.48. The Balaban J connectivity index is 1.57. The zero-order valence-corrected chi connectivity index (χ0v) is 18.9. The first kappa shape index (κ1) is 25.4. The molecule has 9 nitrogen and oxygen atoms in total. The maximum absolute atomic E-state index is 14.6. The second kappa shape index (κ2) is 9.74. The highest BCUT2D eigenvalue weighted by Crippen LogP contribution is 2.33. The zero-order valence-electron chi connectivity index (χ0n) is 18.9. The lowest BCUT2D eigenvalue weighted by molar-refractivity contribution is -0.140. The van der Waals surface area contributed by atoms with Gasteiger partial charge in [-0.05, 0) is 37.5 Å². The highest BCUT2D eigenvalue weighted by Gasteiger charge is 2.43. The molecule has 0 aliphatic carbocycles. The number of likely N-dealkylation sites (tertiary alicyclic amines) is 1. The van der Waals surface area contributed by atoms with Crippen LogP contribution in [0.4, 0.5) is 39.3 Å². The molecule has 1 aromatic carbocycles. The van der Waals surface area contributed by atoms with E-state index in [0.29, 0.717) is 12.5 Å². The van der Waals surface area contributed by atoms with Crippen LogP contribution in [0.2, 0.25) is 0 Å². The maximum atomic E-state index is 14.6. The number of benzene rings is 1. The van der Waals surface area contributed by atoms with E-state index in [9.17, 15) is 31.5 Å². The van der Waals surface area contributed by atoms with Crippen LogP contribution in [-0.2, 0) is 15.8 Å². The number of nitrogens with zero attached hydrogens (tertiary/aromatic N) is 4. The SMILES string of the molecule is NC(=O)[C@H]1CCN(c2ncnc(N)c2F)C[C@@H]1N1CCC[C@H](Nc2cc(F)cc(C(F)(F)F)c2)C1=O. The summed E-state index contributed by atoms with van der Waals surface area (Å²) >= 11 is 0. The first-order valence-electron chi connectivity index (χ1n) is 11.2. The van der Waals surface area contributed by atoms with Crippen molar-refractivity contribution < 1.29 is 31.5 Å². The molecule has 2 fully saturated rings. The molecule has 3 heterocycles. The number of aromatic nitrogens is 2. The summed E-state index contributed by atoms with van der Waals surface area (Å²) in [6.07, 6.45) is -2.71. The maximum Gasteiger partial charge on any atom is 0.416 e. The number of anilines is 3. The molecule has 3 atom stereocenters. The van der Waals surface area contributed by atoms with Crippen molar-refractivity contribution in [2.45, 2.75) is 37.5 Å². The summed E-state index contributed by atoms with van der Waals surface area (Å²) in [6.45, 7) is 0.507. The van der Waals surface area contributed by atoms with Gasteiger partial charge in [-0.2, -0.15) is 17.6 Å². The van der Waals surface area contributed by atoms with Crippen LogP contribution in [0.25, 0.3) is 0 Å². The molecule has 194 valence electrons. The molecule has 14 heteroatoms. The average molecular weight is 513 g/mol. The van der Waals surface area contributed by atoms with Crippen molar-refractivity contribution in [1.29, 1.82) is 0 Å². The van der Waals surface area contributed by atoms with Gasteiger partial charge in [0.25, 0.3) is 0 Å². The topological polar surface area (TPSA) is 130 Å².